The van der Waals surface area contributed by atoms with Crippen molar-refractivity contribution in [2.75, 3.05) is 19.7 Å². The Morgan fingerprint density at radius 1 is 1.36 bits per heavy atom. The predicted molar refractivity (Wildman–Crippen MR) is 101 cm³/mol. The Labute approximate surface area is 170 Å². The summed E-state index contributed by atoms with van der Waals surface area (Å²) in [6.45, 7) is 2.80. The molecule has 7 nitrogen and oxygen atoms in total. The van der Waals surface area contributed by atoms with Crippen LogP contribution in [0.2, 0.25) is 0 Å². The van der Waals surface area contributed by atoms with Crippen molar-refractivity contribution in [2.45, 2.75) is 44.4 Å². The molecular weight excluding hydrogens is 435 g/mol. The van der Waals surface area contributed by atoms with Gasteiger partial charge in [-0.3, -0.25) is 4.79 Å². The lowest BCUT2D eigenvalue weighted by atomic mass is 9.85. The van der Waals surface area contributed by atoms with Gasteiger partial charge in [0, 0.05) is 19.5 Å². The van der Waals surface area contributed by atoms with Gasteiger partial charge >= 0.3 is 0 Å². The molecule has 3 aliphatic heterocycles. The summed E-state index contributed by atoms with van der Waals surface area (Å²) >= 11 is 3.15. The highest BCUT2D eigenvalue weighted by atomic mass is 79.9. The highest BCUT2D eigenvalue weighted by Gasteiger charge is 2.56. The van der Waals surface area contributed by atoms with Gasteiger partial charge in [-0.25, -0.2) is 14.3 Å². The molecule has 1 atom stereocenters. The lowest BCUT2D eigenvalue weighted by Gasteiger charge is -2.42. The number of hydroxylamine groups is 4. The first kappa shape index (κ1) is 19.8. The number of ether oxygens (including phenoxy) is 1. The molecule has 0 aliphatic carbocycles. The number of aliphatic hydroxyl groups excluding tert-OH is 1. The monoisotopic (exact) mass is 456 g/mol. The van der Waals surface area contributed by atoms with Crippen molar-refractivity contribution in [1.29, 1.82) is 0 Å². The number of benzene rings is 1. The van der Waals surface area contributed by atoms with Gasteiger partial charge in [0.2, 0.25) is 0 Å². The van der Waals surface area contributed by atoms with Gasteiger partial charge in [-0.15, -0.1) is 0 Å². The molecule has 152 valence electrons. The zero-order chi connectivity index (χ0) is 20.1. The topological polar surface area (TPSA) is 82.5 Å². The third-order valence-electron chi connectivity index (χ3n) is 5.68. The van der Waals surface area contributed by atoms with Crippen LogP contribution in [0.1, 0.15) is 36.8 Å². The van der Waals surface area contributed by atoms with Gasteiger partial charge in [0.25, 0.3) is 5.91 Å². The fourth-order valence-corrected chi connectivity index (χ4v) is 4.43. The average molecular weight is 457 g/mol. The number of aryl methyl sites for hydroxylation is 1. The maximum absolute atomic E-state index is 13.9. The molecule has 0 saturated carbocycles. The smallest absolute Gasteiger partial charge is 0.282 e. The van der Waals surface area contributed by atoms with Crippen LogP contribution in [0.5, 0.6) is 0 Å². The zero-order valence-corrected chi connectivity index (χ0v) is 17.0. The first-order chi connectivity index (χ1) is 13.3. The van der Waals surface area contributed by atoms with Crippen LogP contribution in [0.15, 0.2) is 22.4 Å². The summed E-state index contributed by atoms with van der Waals surface area (Å²) < 4.78 is 19.6. The summed E-state index contributed by atoms with van der Waals surface area (Å²) in [5, 5.41) is 23.4. The molecule has 0 aromatic heterocycles. The van der Waals surface area contributed by atoms with Gasteiger partial charge in [-0.1, -0.05) is 0 Å². The molecule has 1 aromatic carbocycles. The van der Waals surface area contributed by atoms with Gasteiger partial charge < -0.3 is 15.1 Å². The van der Waals surface area contributed by atoms with Crippen molar-refractivity contribution in [3.63, 3.8) is 0 Å². The summed E-state index contributed by atoms with van der Waals surface area (Å²) in [5.41, 5.74) is -0.00263. The number of amides is 1. The Morgan fingerprint density at radius 2 is 2.07 bits per heavy atom. The Bertz CT molecular complexity index is 832. The summed E-state index contributed by atoms with van der Waals surface area (Å²) in [6, 6.07) is 2.82. The second kappa shape index (κ2) is 7.38. The molecule has 4 rings (SSSR count). The van der Waals surface area contributed by atoms with Crippen LogP contribution in [0.3, 0.4) is 0 Å². The Balaban J connectivity index is 1.78. The van der Waals surface area contributed by atoms with E-state index < -0.39 is 23.6 Å². The fourth-order valence-electron chi connectivity index (χ4n) is 4.09. The number of nitrogens with zero attached hydrogens (tertiary/aromatic N) is 2. The van der Waals surface area contributed by atoms with Crippen LogP contribution in [0.4, 0.5) is 4.39 Å². The third kappa shape index (κ3) is 3.15. The number of hydrogen-bond donors (Lipinski definition) is 2. The van der Waals surface area contributed by atoms with Crippen LogP contribution in [-0.4, -0.2) is 57.9 Å². The SMILES string of the molecule is Cc1cc(F)c(Br)cc1C1=C(O)C2(CCN(O)CC2)N(OC2CCCO2)C1=O. The lowest BCUT2D eigenvalue weighted by Crippen LogP contribution is -2.55. The van der Waals surface area contributed by atoms with Crippen LogP contribution in [-0.2, 0) is 14.4 Å². The first-order valence-corrected chi connectivity index (χ1v) is 10.1. The van der Waals surface area contributed by atoms with Gasteiger partial charge in [0.05, 0.1) is 16.7 Å². The number of aliphatic hydroxyl groups is 1. The molecule has 2 fully saturated rings. The minimum Gasteiger partial charge on any atom is -0.509 e. The molecule has 0 radical (unpaired) electrons. The van der Waals surface area contributed by atoms with E-state index in [1.807, 2.05) is 0 Å². The van der Waals surface area contributed by atoms with E-state index in [2.05, 4.69) is 15.9 Å². The van der Waals surface area contributed by atoms with E-state index in [0.717, 1.165) is 11.5 Å². The summed E-state index contributed by atoms with van der Waals surface area (Å²) in [5.74, 6) is -1.03. The van der Waals surface area contributed by atoms with E-state index in [0.29, 0.717) is 37.0 Å². The van der Waals surface area contributed by atoms with Crippen molar-refractivity contribution < 1.29 is 29.1 Å². The Kier molecular flexibility index (Phi) is 5.22. The molecule has 1 spiro atoms. The van der Waals surface area contributed by atoms with Crippen LogP contribution >= 0.6 is 15.9 Å². The molecule has 28 heavy (non-hydrogen) atoms. The molecule has 2 N–H and O–H groups in total. The molecule has 1 unspecified atom stereocenters. The minimum absolute atomic E-state index is 0.0996. The maximum atomic E-state index is 13.9. The van der Waals surface area contributed by atoms with Gasteiger partial charge in [-0.2, -0.15) is 5.06 Å². The Hall–Kier alpha value is -1.52. The van der Waals surface area contributed by atoms with E-state index in [4.69, 9.17) is 9.57 Å². The number of hydrogen-bond acceptors (Lipinski definition) is 6. The molecule has 3 heterocycles. The van der Waals surface area contributed by atoms with Gasteiger partial charge in [0.15, 0.2) is 6.29 Å². The standard InChI is InChI=1S/C19H22BrFN2O5/c1-11-9-14(21)13(20)10-12(11)16-17(24)19(4-6-22(26)7-5-19)23(18(16)25)28-15-3-2-8-27-15/h9-10,15,24,26H,2-8H2,1H3. The number of halogens is 2. The van der Waals surface area contributed by atoms with E-state index in [1.54, 1.807) is 6.92 Å². The van der Waals surface area contributed by atoms with Gasteiger partial charge in [0.1, 0.15) is 17.1 Å². The summed E-state index contributed by atoms with van der Waals surface area (Å²) in [7, 11) is 0. The van der Waals surface area contributed by atoms with Crippen molar-refractivity contribution in [3.05, 3.63) is 39.3 Å². The number of rotatable bonds is 3. The fraction of sp³-hybridized carbons (Fsp3) is 0.526. The van der Waals surface area contributed by atoms with Crippen LogP contribution in [0, 0.1) is 12.7 Å². The van der Waals surface area contributed by atoms with Crippen LogP contribution < -0.4 is 0 Å². The molecule has 2 saturated heterocycles. The molecule has 1 amide bonds. The van der Waals surface area contributed by atoms with E-state index in [-0.39, 0.29) is 28.9 Å². The van der Waals surface area contributed by atoms with E-state index >= 15 is 0 Å². The van der Waals surface area contributed by atoms with Crippen molar-refractivity contribution >= 4 is 27.4 Å². The quantitative estimate of drug-likeness (QED) is 0.725. The number of carbonyl (C=O) groups excluding carboxylic acids is 1. The lowest BCUT2D eigenvalue weighted by molar-refractivity contribution is -0.290. The Morgan fingerprint density at radius 3 is 2.71 bits per heavy atom. The third-order valence-corrected chi connectivity index (χ3v) is 6.29. The molecule has 3 aliphatic rings. The summed E-state index contributed by atoms with van der Waals surface area (Å²) in [4.78, 5) is 19.3. The minimum atomic E-state index is -1.08. The molecule has 1 aromatic rings. The average Bonchev–Trinajstić information content (AvgIpc) is 3.23. The first-order valence-electron chi connectivity index (χ1n) is 9.30. The largest absolute Gasteiger partial charge is 0.509 e. The number of carbonyl (C=O) groups is 1. The maximum Gasteiger partial charge on any atom is 0.282 e. The number of piperidine rings is 1. The predicted octanol–water partition coefficient (Wildman–Crippen LogP) is 3.30. The summed E-state index contributed by atoms with van der Waals surface area (Å²) in [6.07, 6.45) is 1.54. The van der Waals surface area contributed by atoms with Gasteiger partial charge in [-0.05, 0) is 65.4 Å². The highest BCUT2D eigenvalue weighted by molar-refractivity contribution is 9.10. The van der Waals surface area contributed by atoms with E-state index in [9.17, 15) is 19.5 Å². The van der Waals surface area contributed by atoms with Crippen molar-refractivity contribution in [1.82, 2.24) is 10.1 Å². The van der Waals surface area contributed by atoms with Crippen molar-refractivity contribution in [3.8, 4) is 0 Å². The van der Waals surface area contributed by atoms with Crippen LogP contribution in [0.25, 0.3) is 5.57 Å². The van der Waals surface area contributed by atoms with Crippen molar-refractivity contribution in [2.24, 2.45) is 0 Å². The molecular formula is C19H22BrFN2O5. The van der Waals surface area contributed by atoms with E-state index in [1.165, 1.54) is 17.2 Å². The zero-order valence-electron chi connectivity index (χ0n) is 15.5. The molecule has 0 bridgehead atoms. The highest BCUT2D eigenvalue weighted by Crippen LogP contribution is 2.46. The second-order valence-corrected chi connectivity index (χ2v) is 8.29. The normalized spacial score (nSPS) is 25.4. The second-order valence-electron chi connectivity index (χ2n) is 7.44. The molecule has 9 heteroatoms.